The van der Waals surface area contributed by atoms with Crippen molar-refractivity contribution in [3.63, 3.8) is 0 Å². The third-order valence-corrected chi connectivity index (χ3v) is 4.43. The Labute approximate surface area is 122 Å². The lowest BCUT2D eigenvalue weighted by molar-refractivity contribution is -0.121. The zero-order valence-electron chi connectivity index (χ0n) is 10.5. The Kier molecular flexibility index (Phi) is 5.23. The molecule has 0 aromatic heterocycles. The standard InChI is InChI=1S/C12H15BrFNO3S/c1-7(2)6-12(11(15)16,19(17)18)9-5-8(13)3-4-10(9)14/h3-5,7H,6H2,1-2H3,(H2,15,16)(H,17,18). The molecule has 1 aromatic carbocycles. The third-order valence-electron chi connectivity index (χ3n) is 2.76. The zero-order valence-corrected chi connectivity index (χ0v) is 12.9. The molecule has 1 rings (SSSR count). The minimum absolute atomic E-state index is 0.0151. The van der Waals surface area contributed by atoms with Crippen LogP contribution in [-0.2, 0) is 20.6 Å². The lowest BCUT2D eigenvalue weighted by atomic mass is 9.88. The summed E-state index contributed by atoms with van der Waals surface area (Å²) in [5.74, 6) is -1.86. The van der Waals surface area contributed by atoms with Gasteiger partial charge in [0.2, 0.25) is 5.91 Å². The highest BCUT2D eigenvalue weighted by molar-refractivity contribution is 9.10. The first kappa shape index (κ1) is 16.3. The number of carbonyl (C=O) groups excluding carboxylic acids is 1. The van der Waals surface area contributed by atoms with Crippen LogP contribution in [0.4, 0.5) is 4.39 Å². The summed E-state index contributed by atoms with van der Waals surface area (Å²) in [6, 6.07) is 3.89. The molecule has 0 aliphatic rings. The van der Waals surface area contributed by atoms with Crippen molar-refractivity contribution in [1.82, 2.24) is 0 Å². The van der Waals surface area contributed by atoms with Gasteiger partial charge in [0.05, 0.1) is 0 Å². The van der Waals surface area contributed by atoms with Crippen LogP contribution in [0.5, 0.6) is 0 Å². The van der Waals surface area contributed by atoms with Gasteiger partial charge in [-0.1, -0.05) is 29.8 Å². The van der Waals surface area contributed by atoms with Crippen molar-refractivity contribution < 1.29 is 17.9 Å². The molecule has 0 aliphatic heterocycles. The number of halogens is 2. The normalized spacial score (nSPS) is 16.1. The Hall–Kier alpha value is -0.790. The van der Waals surface area contributed by atoms with Crippen LogP contribution < -0.4 is 5.73 Å². The van der Waals surface area contributed by atoms with Crippen molar-refractivity contribution >= 4 is 32.9 Å². The highest BCUT2D eigenvalue weighted by Gasteiger charge is 2.47. The molecule has 0 radical (unpaired) electrons. The molecule has 106 valence electrons. The van der Waals surface area contributed by atoms with Gasteiger partial charge >= 0.3 is 0 Å². The Balaban J connectivity index is 3.58. The molecule has 3 N–H and O–H groups in total. The van der Waals surface area contributed by atoms with E-state index in [2.05, 4.69) is 15.9 Å². The van der Waals surface area contributed by atoms with Gasteiger partial charge in [0.25, 0.3) is 0 Å². The van der Waals surface area contributed by atoms with E-state index in [4.69, 9.17) is 5.73 Å². The molecule has 0 aliphatic carbocycles. The fourth-order valence-corrected chi connectivity index (χ4v) is 3.33. The van der Waals surface area contributed by atoms with E-state index in [-0.39, 0.29) is 17.9 Å². The van der Waals surface area contributed by atoms with Gasteiger partial charge < -0.3 is 10.3 Å². The summed E-state index contributed by atoms with van der Waals surface area (Å²) in [5, 5.41) is 0. The molecule has 2 atom stereocenters. The first-order valence-corrected chi connectivity index (χ1v) is 7.48. The maximum absolute atomic E-state index is 14.0. The summed E-state index contributed by atoms with van der Waals surface area (Å²) in [5.41, 5.74) is 5.13. The van der Waals surface area contributed by atoms with E-state index < -0.39 is 27.6 Å². The Bertz CT molecular complexity index is 508. The Morgan fingerprint density at radius 3 is 2.58 bits per heavy atom. The number of nitrogens with two attached hydrogens (primary N) is 1. The van der Waals surface area contributed by atoms with Gasteiger partial charge in [0, 0.05) is 10.0 Å². The van der Waals surface area contributed by atoms with Crippen LogP contribution in [-0.4, -0.2) is 14.7 Å². The fraction of sp³-hybridized carbons (Fsp3) is 0.417. The predicted octanol–water partition coefficient (Wildman–Crippen LogP) is 2.54. The van der Waals surface area contributed by atoms with E-state index in [1.165, 1.54) is 12.1 Å². The van der Waals surface area contributed by atoms with Crippen molar-refractivity contribution in [1.29, 1.82) is 0 Å². The van der Waals surface area contributed by atoms with Crippen molar-refractivity contribution in [3.8, 4) is 0 Å². The van der Waals surface area contributed by atoms with Gasteiger partial charge in [0.15, 0.2) is 15.8 Å². The maximum Gasteiger partial charge on any atom is 0.243 e. The van der Waals surface area contributed by atoms with Gasteiger partial charge in [-0.3, -0.25) is 4.79 Å². The average Bonchev–Trinajstić information content (AvgIpc) is 2.28. The van der Waals surface area contributed by atoms with Crippen LogP contribution in [0.25, 0.3) is 0 Å². The molecule has 0 fully saturated rings. The number of primary amides is 1. The summed E-state index contributed by atoms with van der Waals surface area (Å²) in [7, 11) is 0. The minimum Gasteiger partial charge on any atom is -0.368 e. The van der Waals surface area contributed by atoms with Crippen LogP contribution in [0.15, 0.2) is 22.7 Å². The second-order valence-corrected chi connectivity index (χ2v) is 6.77. The van der Waals surface area contributed by atoms with E-state index in [9.17, 15) is 17.9 Å². The Morgan fingerprint density at radius 2 is 2.16 bits per heavy atom. The number of amides is 1. The number of hydrogen-bond donors (Lipinski definition) is 2. The van der Waals surface area contributed by atoms with Crippen LogP contribution in [0.3, 0.4) is 0 Å². The van der Waals surface area contributed by atoms with Gasteiger partial charge in [-0.15, -0.1) is 0 Å². The lowest BCUT2D eigenvalue weighted by Crippen LogP contribution is -2.46. The van der Waals surface area contributed by atoms with E-state index in [0.717, 1.165) is 6.07 Å². The highest BCUT2D eigenvalue weighted by atomic mass is 79.9. The zero-order chi connectivity index (χ0) is 14.8. The van der Waals surface area contributed by atoms with E-state index in [1.807, 2.05) is 0 Å². The molecule has 0 saturated heterocycles. The smallest absolute Gasteiger partial charge is 0.243 e. The van der Waals surface area contributed by atoms with Crippen molar-refractivity contribution in [2.45, 2.75) is 25.0 Å². The highest BCUT2D eigenvalue weighted by Crippen LogP contribution is 2.37. The van der Waals surface area contributed by atoms with Gasteiger partial charge in [-0.05, 0) is 30.5 Å². The minimum atomic E-state index is -2.62. The number of carbonyl (C=O) groups is 1. The van der Waals surface area contributed by atoms with Crippen molar-refractivity contribution in [3.05, 3.63) is 34.1 Å². The third kappa shape index (κ3) is 3.21. The Morgan fingerprint density at radius 1 is 1.58 bits per heavy atom. The summed E-state index contributed by atoms with van der Waals surface area (Å²) < 4.78 is 33.8. The molecule has 1 amide bonds. The quantitative estimate of drug-likeness (QED) is 0.799. The molecule has 0 heterocycles. The van der Waals surface area contributed by atoms with Crippen LogP contribution in [0.1, 0.15) is 25.8 Å². The number of benzene rings is 1. The molecular formula is C12H15BrFNO3S. The van der Waals surface area contributed by atoms with E-state index in [0.29, 0.717) is 4.47 Å². The van der Waals surface area contributed by atoms with Crippen LogP contribution >= 0.6 is 15.9 Å². The number of hydrogen-bond acceptors (Lipinski definition) is 2. The second-order valence-electron chi connectivity index (χ2n) is 4.66. The molecule has 0 spiro atoms. The predicted molar refractivity (Wildman–Crippen MR) is 75.2 cm³/mol. The SMILES string of the molecule is CC(C)CC(C(N)=O)(c1cc(Br)ccc1F)S(=O)O. The molecular weight excluding hydrogens is 337 g/mol. The maximum atomic E-state index is 14.0. The first-order valence-electron chi connectivity index (χ1n) is 5.58. The van der Waals surface area contributed by atoms with Crippen LogP contribution in [0.2, 0.25) is 0 Å². The van der Waals surface area contributed by atoms with E-state index >= 15 is 0 Å². The molecule has 7 heteroatoms. The first-order chi connectivity index (χ1) is 8.71. The lowest BCUT2D eigenvalue weighted by Gasteiger charge is -2.29. The van der Waals surface area contributed by atoms with Crippen molar-refractivity contribution in [2.75, 3.05) is 0 Å². The van der Waals surface area contributed by atoms with Crippen LogP contribution in [0, 0.1) is 11.7 Å². The summed E-state index contributed by atoms with van der Waals surface area (Å²) >= 11 is 0.536. The summed E-state index contributed by atoms with van der Waals surface area (Å²) in [6.07, 6.45) is -0.0151. The molecule has 0 saturated carbocycles. The fourth-order valence-electron chi connectivity index (χ4n) is 1.98. The largest absolute Gasteiger partial charge is 0.368 e. The summed E-state index contributed by atoms with van der Waals surface area (Å²) in [6.45, 7) is 3.53. The second kappa shape index (κ2) is 6.11. The topological polar surface area (TPSA) is 80.4 Å². The van der Waals surface area contributed by atoms with E-state index in [1.54, 1.807) is 13.8 Å². The monoisotopic (exact) mass is 351 g/mol. The molecule has 2 unspecified atom stereocenters. The molecule has 19 heavy (non-hydrogen) atoms. The molecule has 4 nitrogen and oxygen atoms in total. The molecule has 1 aromatic rings. The van der Waals surface area contributed by atoms with Gasteiger partial charge in [-0.2, -0.15) is 0 Å². The average molecular weight is 352 g/mol. The van der Waals surface area contributed by atoms with Crippen molar-refractivity contribution in [2.24, 2.45) is 11.7 Å². The van der Waals surface area contributed by atoms with Gasteiger partial charge in [-0.25, -0.2) is 8.60 Å². The molecule has 0 bridgehead atoms. The summed E-state index contributed by atoms with van der Waals surface area (Å²) in [4.78, 5) is 11.7. The van der Waals surface area contributed by atoms with Gasteiger partial charge in [0.1, 0.15) is 5.82 Å². The number of rotatable bonds is 5.